The first-order valence-electron chi connectivity index (χ1n) is 10.3. The van der Waals surface area contributed by atoms with Gasteiger partial charge in [0.1, 0.15) is 17.3 Å². The number of amides is 1. The molecule has 2 aromatic heterocycles. The highest BCUT2D eigenvalue weighted by Crippen LogP contribution is 2.61. The third-order valence-electron chi connectivity index (χ3n) is 6.55. The van der Waals surface area contributed by atoms with Gasteiger partial charge >= 0.3 is 6.18 Å². The first-order chi connectivity index (χ1) is 15.2. The Bertz CT molecular complexity index is 1170. The van der Waals surface area contributed by atoms with Crippen molar-refractivity contribution in [1.29, 1.82) is 0 Å². The van der Waals surface area contributed by atoms with Gasteiger partial charge in [0.15, 0.2) is 5.82 Å². The van der Waals surface area contributed by atoms with Gasteiger partial charge in [0.2, 0.25) is 5.91 Å². The summed E-state index contributed by atoms with van der Waals surface area (Å²) < 4.78 is 57.8. The number of H-pyrrole nitrogens is 1. The molecule has 5 atom stereocenters. The van der Waals surface area contributed by atoms with Gasteiger partial charge < -0.3 is 10.1 Å². The van der Waals surface area contributed by atoms with E-state index >= 15 is 0 Å². The molecule has 1 amide bonds. The molecule has 2 heterocycles. The van der Waals surface area contributed by atoms with Crippen LogP contribution in [0.2, 0.25) is 0 Å². The fourth-order valence-electron chi connectivity index (χ4n) is 5.00. The molecule has 2 aliphatic rings. The molecular formula is C22H20F4N4O2. The van der Waals surface area contributed by atoms with Crippen LogP contribution in [0.5, 0.6) is 5.75 Å². The lowest BCUT2D eigenvalue weighted by Crippen LogP contribution is -2.25. The zero-order valence-corrected chi connectivity index (χ0v) is 17.0. The minimum Gasteiger partial charge on any atom is -0.490 e. The summed E-state index contributed by atoms with van der Waals surface area (Å²) in [5.41, 5.74) is -0.352. The van der Waals surface area contributed by atoms with Gasteiger partial charge in [-0.2, -0.15) is 18.3 Å². The first kappa shape index (κ1) is 20.7. The van der Waals surface area contributed by atoms with Crippen molar-refractivity contribution in [2.45, 2.75) is 32.0 Å². The Morgan fingerprint density at radius 1 is 1.22 bits per heavy atom. The van der Waals surface area contributed by atoms with Gasteiger partial charge in [-0.05, 0) is 54.9 Å². The first-order valence-corrected chi connectivity index (χ1v) is 10.3. The summed E-state index contributed by atoms with van der Waals surface area (Å²) in [6.45, 7) is 1.78. The average Bonchev–Trinajstić information content (AvgIpc) is 3.08. The van der Waals surface area contributed by atoms with Crippen molar-refractivity contribution in [3.05, 3.63) is 48.0 Å². The summed E-state index contributed by atoms with van der Waals surface area (Å²) in [6, 6.07) is 6.87. The molecule has 2 fully saturated rings. The van der Waals surface area contributed by atoms with Gasteiger partial charge in [0.25, 0.3) is 0 Å². The molecule has 168 valence electrons. The third kappa shape index (κ3) is 3.78. The lowest BCUT2D eigenvalue weighted by atomic mass is 9.97. The number of nitrogens with zero attached hydrogens (tertiary/aromatic N) is 2. The molecular weight excluding hydrogens is 428 g/mol. The van der Waals surface area contributed by atoms with Crippen LogP contribution in [0.1, 0.15) is 25.5 Å². The van der Waals surface area contributed by atoms with Crippen molar-refractivity contribution in [1.82, 2.24) is 15.2 Å². The van der Waals surface area contributed by atoms with Crippen LogP contribution in [0.4, 0.5) is 23.4 Å². The zero-order valence-electron chi connectivity index (χ0n) is 17.0. The maximum absolute atomic E-state index is 13.6. The molecule has 32 heavy (non-hydrogen) atoms. The maximum Gasteiger partial charge on any atom is 0.432 e. The minimum absolute atomic E-state index is 0.0361. The summed E-state index contributed by atoms with van der Waals surface area (Å²) >= 11 is 0. The third-order valence-corrected chi connectivity index (χ3v) is 6.55. The SMILES string of the molecule is CC(C(=O)Nc1cc(C(F)(F)F)[nH]n1)[C@H]1[C@@H]2C[C@@H](Oc3ccnc4ccc(F)cc34)C[C@@H]21. The molecule has 0 spiro atoms. The number of carbonyl (C=O) groups excluding carboxylic acids is 1. The number of ether oxygens (including phenoxy) is 1. The van der Waals surface area contributed by atoms with Crippen LogP contribution >= 0.6 is 0 Å². The fraction of sp³-hybridized carbons (Fsp3) is 0.409. The van der Waals surface area contributed by atoms with Crippen molar-refractivity contribution in [3.63, 3.8) is 0 Å². The topological polar surface area (TPSA) is 79.9 Å². The van der Waals surface area contributed by atoms with Crippen molar-refractivity contribution in [3.8, 4) is 5.75 Å². The predicted molar refractivity (Wildman–Crippen MR) is 107 cm³/mol. The number of benzene rings is 1. The summed E-state index contributed by atoms with van der Waals surface area (Å²) in [5, 5.41) is 8.49. The molecule has 2 saturated carbocycles. The number of aromatic nitrogens is 3. The van der Waals surface area contributed by atoms with E-state index < -0.39 is 11.9 Å². The second kappa shape index (κ2) is 7.46. The van der Waals surface area contributed by atoms with Crippen LogP contribution in [-0.2, 0) is 11.0 Å². The van der Waals surface area contributed by atoms with Gasteiger partial charge in [-0.15, -0.1) is 0 Å². The van der Waals surface area contributed by atoms with Crippen molar-refractivity contribution in [2.75, 3.05) is 5.32 Å². The number of halogens is 4. The van der Waals surface area contributed by atoms with E-state index in [1.54, 1.807) is 25.3 Å². The summed E-state index contributed by atoms with van der Waals surface area (Å²) in [7, 11) is 0. The standard InChI is InChI=1S/C22H20F4N4O2/c1-10(21(31)28-19-9-18(29-30-19)22(24,25)26)20-13-7-12(8-14(13)20)32-17-4-5-27-16-3-2-11(23)6-15(16)17/h2-6,9-10,12-14,20H,7-8H2,1H3,(H2,28,29,30,31)/t10?,12-,13-,14+,20+. The zero-order chi connectivity index (χ0) is 22.6. The lowest BCUT2D eigenvalue weighted by Gasteiger charge is -2.20. The van der Waals surface area contributed by atoms with Crippen LogP contribution < -0.4 is 10.1 Å². The molecule has 10 heteroatoms. The number of nitrogens with one attached hydrogen (secondary N) is 2. The monoisotopic (exact) mass is 448 g/mol. The Morgan fingerprint density at radius 2 is 1.97 bits per heavy atom. The summed E-state index contributed by atoms with van der Waals surface area (Å²) in [6.07, 6.45) is -1.42. The van der Waals surface area contributed by atoms with E-state index in [4.69, 9.17) is 4.74 Å². The van der Waals surface area contributed by atoms with Gasteiger partial charge in [-0.1, -0.05) is 6.92 Å². The molecule has 2 N–H and O–H groups in total. The number of pyridine rings is 1. The van der Waals surface area contributed by atoms with Crippen molar-refractivity contribution in [2.24, 2.45) is 23.7 Å². The molecule has 0 radical (unpaired) electrons. The highest BCUT2D eigenvalue weighted by atomic mass is 19.4. The number of anilines is 1. The quantitative estimate of drug-likeness (QED) is 0.550. The second-order valence-electron chi connectivity index (χ2n) is 8.53. The van der Waals surface area contributed by atoms with Crippen molar-refractivity contribution < 1.29 is 27.1 Å². The number of hydrogen-bond donors (Lipinski definition) is 2. The van der Waals surface area contributed by atoms with Gasteiger partial charge in [-0.25, -0.2) is 4.39 Å². The highest BCUT2D eigenvalue weighted by Gasteiger charge is 2.59. The number of rotatable bonds is 5. The molecule has 2 aliphatic carbocycles. The van der Waals surface area contributed by atoms with Gasteiger partial charge in [0, 0.05) is 23.6 Å². The number of alkyl halides is 3. The van der Waals surface area contributed by atoms with Crippen molar-refractivity contribution >= 4 is 22.6 Å². The van der Waals surface area contributed by atoms with Crippen LogP contribution in [0.25, 0.3) is 10.9 Å². The Kier molecular flexibility index (Phi) is 4.83. The number of fused-ring (bicyclic) bond motifs is 2. The van der Waals surface area contributed by atoms with E-state index in [0.29, 0.717) is 28.5 Å². The molecule has 3 aromatic rings. The maximum atomic E-state index is 13.6. The van der Waals surface area contributed by atoms with Crippen LogP contribution in [0, 0.1) is 29.5 Å². The van der Waals surface area contributed by atoms with E-state index in [9.17, 15) is 22.4 Å². The minimum atomic E-state index is -4.55. The number of aromatic amines is 1. The predicted octanol–water partition coefficient (Wildman–Crippen LogP) is 4.79. The summed E-state index contributed by atoms with van der Waals surface area (Å²) in [5.74, 6) is 0.169. The average molecular weight is 448 g/mol. The Morgan fingerprint density at radius 3 is 2.66 bits per heavy atom. The normalized spacial score (nSPS) is 25.4. The smallest absolute Gasteiger partial charge is 0.432 e. The lowest BCUT2D eigenvalue weighted by molar-refractivity contribution is -0.141. The fourth-order valence-corrected chi connectivity index (χ4v) is 5.00. The van der Waals surface area contributed by atoms with E-state index in [-0.39, 0.29) is 35.5 Å². The highest BCUT2D eigenvalue weighted by molar-refractivity contribution is 5.92. The molecule has 1 unspecified atom stereocenters. The molecule has 6 nitrogen and oxygen atoms in total. The Labute approximate surface area is 180 Å². The van der Waals surface area contributed by atoms with E-state index in [1.807, 2.05) is 5.10 Å². The molecule has 5 rings (SSSR count). The van der Waals surface area contributed by atoms with E-state index in [0.717, 1.165) is 18.9 Å². The van der Waals surface area contributed by atoms with Crippen LogP contribution in [0.15, 0.2) is 36.5 Å². The second-order valence-corrected chi connectivity index (χ2v) is 8.53. The van der Waals surface area contributed by atoms with Crippen LogP contribution in [-0.4, -0.2) is 27.2 Å². The van der Waals surface area contributed by atoms with E-state index in [1.165, 1.54) is 12.1 Å². The molecule has 0 saturated heterocycles. The number of carbonyl (C=O) groups is 1. The molecule has 0 bridgehead atoms. The summed E-state index contributed by atoms with van der Waals surface area (Å²) in [4.78, 5) is 16.7. The van der Waals surface area contributed by atoms with E-state index in [2.05, 4.69) is 15.4 Å². The molecule has 0 aliphatic heterocycles. The molecule has 1 aromatic carbocycles. The number of hydrogen-bond acceptors (Lipinski definition) is 4. The van der Waals surface area contributed by atoms with Gasteiger partial charge in [0.05, 0.1) is 11.6 Å². The van der Waals surface area contributed by atoms with Crippen LogP contribution in [0.3, 0.4) is 0 Å². The Hall–Kier alpha value is -3.17. The Balaban J connectivity index is 1.18. The largest absolute Gasteiger partial charge is 0.490 e. The van der Waals surface area contributed by atoms with Gasteiger partial charge in [-0.3, -0.25) is 14.9 Å².